The molecule has 39 heavy (non-hydrogen) atoms. The molecule has 1 fully saturated rings. The second-order valence-electron chi connectivity index (χ2n) is 9.72. The quantitative estimate of drug-likeness (QED) is 0.144. The van der Waals surface area contributed by atoms with Crippen LogP contribution in [0.4, 0.5) is 0 Å². The van der Waals surface area contributed by atoms with Crippen molar-refractivity contribution in [2.45, 2.75) is 26.5 Å². The van der Waals surface area contributed by atoms with E-state index in [2.05, 4.69) is 0 Å². The highest BCUT2D eigenvalue weighted by atomic mass is 16.5. The van der Waals surface area contributed by atoms with Crippen molar-refractivity contribution in [3.63, 3.8) is 0 Å². The van der Waals surface area contributed by atoms with E-state index in [0.29, 0.717) is 30.0 Å². The van der Waals surface area contributed by atoms with Gasteiger partial charge in [-0.3, -0.25) is 14.4 Å². The van der Waals surface area contributed by atoms with E-state index >= 15 is 0 Å². The molecule has 1 saturated heterocycles. The molecule has 0 saturated carbocycles. The van der Waals surface area contributed by atoms with Crippen LogP contribution in [0, 0.1) is 6.92 Å². The number of rotatable bonds is 9. The number of likely N-dealkylation sites (tertiary alicyclic amines) is 1. The third kappa shape index (κ3) is 6.35. The largest absolute Gasteiger partial charge is 0.507 e. The van der Waals surface area contributed by atoms with Crippen LogP contribution < -0.4 is 9.47 Å². The van der Waals surface area contributed by atoms with Crippen molar-refractivity contribution in [2.75, 3.05) is 27.2 Å². The molecule has 3 aromatic rings. The van der Waals surface area contributed by atoms with Crippen molar-refractivity contribution < 1.29 is 29.0 Å². The maximum atomic E-state index is 13.3. The molecular formula is C31H32N2O6. The summed E-state index contributed by atoms with van der Waals surface area (Å²) in [6.45, 7) is 4.32. The number of amides is 1. The fourth-order valence-corrected chi connectivity index (χ4v) is 4.53. The number of hydrogen-bond donors (Lipinski definition) is 1. The van der Waals surface area contributed by atoms with E-state index in [1.807, 2.05) is 56.3 Å². The number of aryl methyl sites for hydroxylation is 1. The number of hydrogen-bond acceptors (Lipinski definition) is 7. The van der Waals surface area contributed by atoms with Crippen LogP contribution in [0.25, 0.3) is 5.76 Å². The fraction of sp³-hybridized carbons (Fsp3) is 0.258. The van der Waals surface area contributed by atoms with E-state index < -0.39 is 23.7 Å². The molecule has 0 spiro atoms. The molecule has 0 bridgehead atoms. The zero-order valence-corrected chi connectivity index (χ0v) is 22.5. The van der Waals surface area contributed by atoms with Gasteiger partial charge in [-0.2, -0.15) is 0 Å². The molecule has 4 rings (SSSR count). The molecule has 1 N–H and O–H groups in total. The maximum absolute atomic E-state index is 13.3. The molecule has 1 unspecified atom stereocenters. The molecule has 1 aliphatic rings. The number of Topliss-reactive ketones (excluding diaryl/α,β-unsaturated/α-hetero) is 1. The van der Waals surface area contributed by atoms with Crippen LogP contribution >= 0.6 is 0 Å². The first kappa shape index (κ1) is 27.6. The Kier molecular flexibility index (Phi) is 8.46. The highest BCUT2D eigenvalue weighted by Gasteiger charge is 2.46. The lowest BCUT2D eigenvalue weighted by Gasteiger charge is -2.26. The number of likely N-dealkylation sites (N-methyl/N-ethyl adjacent to an activating group) is 1. The summed E-state index contributed by atoms with van der Waals surface area (Å²) in [7, 11) is 3.74. The van der Waals surface area contributed by atoms with Gasteiger partial charge < -0.3 is 24.4 Å². The molecule has 0 aromatic heterocycles. The fourth-order valence-electron chi connectivity index (χ4n) is 4.53. The Morgan fingerprint density at radius 1 is 1.00 bits per heavy atom. The average Bonchev–Trinajstić information content (AvgIpc) is 3.16. The minimum Gasteiger partial charge on any atom is -0.507 e. The lowest BCUT2D eigenvalue weighted by molar-refractivity contribution is -0.140. The number of ether oxygens (including phenoxy) is 2. The normalized spacial score (nSPS) is 16.5. The average molecular weight is 529 g/mol. The lowest BCUT2D eigenvalue weighted by Crippen LogP contribution is -2.35. The molecule has 0 aliphatic carbocycles. The van der Waals surface area contributed by atoms with Crippen LogP contribution in [0.1, 0.15) is 35.2 Å². The highest BCUT2D eigenvalue weighted by Crippen LogP contribution is 2.40. The van der Waals surface area contributed by atoms with Crippen molar-refractivity contribution in [2.24, 2.45) is 0 Å². The summed E-state index contributed by atoms with van der Waals surface area (Å²) in [6.07, 6.45) is 0. The summed E-state index contributed by atoms with van der Waals surface area (Å²) in [5, 5.41) is 11.4. The summed E-state index contributed by atoms with van der Waals surface area (Å²) in [5.41, 5.74) is 2.72. The maximum Gasteiger partial charge on any atom is 0.308 e. The third-order valence-corrected chi connectivity index (χ3v) is 6.45. The first-order valence-corrected chi connectivity index (χ1v) is 12.6. The van der Waals surface area contributed by atoms with E-state index in [1.54, 1.807) is 42.5 Å². The Balaban J connectivity index is 1.72. The van der Waals surface area contributed by atoms with Gasteiger partial charge in [0, 0.05) is 25.6 Å². The predicted molar refractivity (Wildman–Crippen MR) is 147 cm³/mol. The highest BCUT2D eigenvalue weighted by molar-refractivity contribution is 6.46. The van der Waals surface area contributed by atoms with Gasteiger partial charge in [-0.05, 0) is 68.0 Å². The molecule has 3 aromatic carbocycles. The van der Waals surface area contributed by atoms with E-state index in [4.69, 9.17) is 9.47 Å². The molecule has 8 nitrogen and oxygen atoms in total. The smallest absolute Gasteiger partial charge is 0.308 e. The van der Waals surface area contributed by atoms with Crippen molar-refractivity contribution in [3.05, 3.63) is 101 Å². The number of aliphatic hydroxyl groups is 1. The topological polar surface area (TPSA) is 96.4 Å². The molecular weight excluding hydrogens is 496 g/mol. The van der Waals surface area contributed by atoms with Crippen molar-refractivity contribution in [3.8, 4) is 11.5 Å². The number of benzene rings is 3. The van der Waals surface area contributed by atoms with E-state index in [0.717, 1.165) is 11.1 Å². The van der Waals surface area contributed by atoms with Crippen LogP contribution in [0.15, 0.2) is 78.4 Å². The molecule has 1 atom stereocenters. The van der Waals surface area contributed by atoms with E-state index in [1.165, 1.54) is 11.8 Å². The summed E-state index contributed by atoms with van der Waals surface area (Å²) in [4.78, 5) is 41.3. The van der Waals surface area contributed by atoms with Crippen molar-refractivity contribution in [1.29, 1.82) is 0 Å². The minimum atomic E-state index is -0.852. The minimum absolute atomic E-state index is 0.0175. The Bertz CT molecular complexity index is 1410. The first-order valence-electron chi connectivity index (χ1n) is 12.6. The zero-order valence-electron chi connectivity index (χ0n) is 22.5. The first-order chi connectivity index (χ1) is 18.7. The summed E-state index contributed by atoms with van der Waals surface area (Å²) in [5.74, 6) is -1.29. The van der Waals surface area contributed by atoms with Crippen LogP contribution in [0.5, 0.6) is 11.5 Å². The van der Waals surface area contributed by atoms with Crippen LogP contribution in [-0.2, 0) is 21.0 Å². The number of carbonyl (C=O) groups excluding carboxylic acids is 3. The molecule has 1 amide bonds. The SMILES string of the molecule is CC(=O)Oc1cccc(C2/C(=C(\O)c3ccc(OCc4ccccc4)c(C)c3)C(=O)C(=O)N2CCN(C)C)c1. The van der Waals surface area contributed by atoms with Gasteiger partial charge in [0.05, 0.1) is 11.6 Å². The van der Waals surface area contributed by atoms with Crippen LogP contribution in [0.2, 0.25) is 0 Å². The monoisotopic (exact) mass is 528 g/mol. The molecule has 1 aliphatic heterocycles. The Morgan fingerprint density at radius 2 is 1.74 bits per heavy atom. The van der Waals surface area contributed by atoms with Gasteiger partial charge in [-0.1, -0.05) is 42.5 Å². The van der Waals surface area contributed by atoms with Crippen LogP contribution in [-0.4, -0.2) is 59.8 Å². The molecule has 8 heteroatoms. The van der Waals surface area contributed by atoms with Crippen LogP contribution in [0.3, 0.4) is 0 Å². The predicted octanol–water partition coefficient (Wildman–Crippen LogP) is 4.48. The number of nitrogens with zero attached hydrogens (tertiary/aromatic N) is 2. The number of ketones is 1. The van der Waals surface area contributed by atoms with Gasteiger partial charge in [0.25, 0.3) is 11.7 Å². The van der Waals surface area contributed by atoms with E-state index in [9.17, 15) is 19.5 Å². The van der Waals surface area contributed by atoms with Gasteiger partial charge in [0.2, 0.25) is 0 Å². The zero-order chi connectivity index (χ0) is 28.1. The van der Waals surface area contributed by atoms with Gasteiger partial charge in [0.1, 0.15) is 23.9 Å². The summed E-state index contributed by atoms with van der Waals surface area (Å²) >= 11 is 0. The Morgan fingerprint density at radius 3 is 2.41 bits per heavy atom. The number of carbonyl (C=O) groups is 3. The third-order valence-electron chi connectivity index (χ3n) is 6.45. The van der Waals surface area contributed by atoms with Crippen molar-refractivity contribution >= 4 is 23.4 Å². The molecule has 1 heterocycles. The molecule has 202 valence electrons. The summed E-state index contributed by atoms with van der Waals surface area (Å²) in [6, 6.07) is 20.7. The second-order valence-corrected chi connectivity index (χ2v) is 9.72. The standard InChI is InChI=1S/C31H32N2O6/c1-20-17-24(13-14-26(20)38-19-22-9-6-5-7-10-22)29(35)27-28(23-11-8-12-25(18-23)39-21(2)34)33(16-15-32(3)4)31(37)30(27)36/h5-14,17-18,28,35H,15-16,19H2,1-4H3/b29-27+. The van der Waals surface area contributed by atoms with Gasteiger partial charge in [-0.15, -0.1) is 0 Å². The van der Waals surface area contributed by atoms with Gasteiger partial charge >= 0.3 is 5.97 Å². The number of esters is 1. The Hall–Kier alpha value is -4.43. The Labute approximate surface area is 228 Å². The summed E-state index contributed by atoms with van der Waals surface area (Å²) < 4.78 is 11.2. The molecule has 0 radical (unpaired) electrons. The van der Waals surface area contributed by atoms with E-state index in [-0.39, 0.29) is 23.6 Å². The van der Waals surface area contributed by atoms with Crippen molar-refractivity contribution in [1.82, 2.24) is 9.80 Å². The lowest BCUT2D eigenvalue weighted by atomic mass is 9.94. The van der Waals surface area contributed by atoms with Gasteiger partial charge in [0.15, 0.2) is 0 Å². The van der Waals surface area contributed by atoms with Gasteiger partial charge in [-0.25, -0.2) is 0 Å². The number of aliphatic hydroxyl groups excluding tert-OH is 1. The second kappa shape index (κ2) is 12.0.